The summed E-state index contributed by atoms with van der Waals surface area (Å²) in [6.45, 7) is 2.09. The van der Waals surface area contributed by atoms with Gasteiger partial charge in [0.15, 0.2) is 5.78 Å². The zero-order valence-electron chi connectivity index (χ0n) is 11.0. The average molecular weight is 299 g/mol. The second kappa shape index (κ2) is 5.69. The van der Waals surface area contributed by atoms with E-state index in [2.05, 4.69) is 23.4 Å². The van der Waals surface area contributed by atoms with Crippen molar-refractivity contribution in [1.82, 2.24) is 4.98 Å². The van der Waals surface area contributed by atoms with Gasteiger partial charge in [-0.25, -0.2) is 4.98 Å². The molecule has 20 heavy (non-hydrogen) atoms. The van der Waals surface area contributed by atoms with Crippen LogP contribution < -0.4 is 0 Å². The van der Waals surface area contributed by atoms with E-state index in [4.69, 9.17) is 0 Å². The van der Waals surface area contributed by atoms with E-state index in [0.717, 1.165) is 16.3 Å². The van der Waals surface area contributed by atoms with Gasteiger partial charge in [0.05, 0.1) is 17.0 Å². The van der Waals surface area contributed by atoms with Gasteiger partial charge in [0, 0.05) is 10.9 Å². The van der Waals surface area contributed by atoms with Gasteiger partial charge in [0.1, 0.15) is 5.01 Å². The Morgan fingerprint density at radius 3 is 2.65 bits per heavy atom. The number of hydrogen-bond acceptors (Lipinski definition) is 4. The fourth-order valence-corrected chi connectivity index (χ4v) is 3.89. The molecule has 2 aromatic heterocycles. The number of Topliss-reactive ketones (excluding diaryl/α,β-unsaturated/α-hetero) is 1. The third kappa shape index (κ3) is 2.71. The fourth-order valence-electron chi connectivity index (χ4n) is 1.97. The molecular formula is C16H13NOS2. The van der Waals surface area contributed by atoms with Gasteiger partial charge in [0.25, 0.3) is 0 Å². The molecule has 0 saturated carbocycles. The van der Waals surface area contributed by atoms with E-state index in [1.54, 1.807) is 22.7 Å². The molecule has 2 heterocycles. The predicted octanol–water partition coefficient (Wildman–Crippen LogP) is 4.61. The summed E-state index contributed by atoms with van der Waals surface area (Å²) in [6.07, 6.45) is 0.366. The van der Waals surface area contributed by atoms with Crippen LogP contribution in [0.5, 0.6) is 0 Å². The Bertz CT molecular complexity index is 728. The van der Waals surface area contributed by atoms with Crippen LogP contribution in [0, 0.1) is 6.92 Å². The van der Waals surface area contributed by atoms with Gasteiger partial charge in [-0.15, -0.1) is 22.7 Å². The molecule has 3 rings (SSSR count). The minimum Gasteiger partial charge on any atom is -0.294 e. The highest BCUT2D eigenvalue weighted by molar-refractivity contribution is 7.20. The van der Waals surface area contributed by atoms with Gasteiger partial charge in [0.2, 0.25) is 0 Å². The fraction of sp³-hybridized carbons (Fsp3) is 0.125. The Labute approximate surface area is 125 Å². The smallest absolute Gasteiger partial charge is 0.168 e. The molecule has 0 aliphatic carbocycles. The quantitative estimate of drug-likeness (QED) is 0.659. The molecule has 2 nitrogen and oxygen atoms in total. The second-order valence-corrected chi connectivity index (χ2v) is 6.32. The summed E-state index contributed by atoms with van der Waals surface area (Å²) in [5.41, 5.74) is 2.84. The SMILES string of the molecule is Cc1ccsc1-c1nc(CC(=O)c2ccccc2)cs1. The minimum absolute atomic E-state index is 0.116. The Balaban J connectivity index is 1.78. The number of carbonyl (C=O) groups excluding carboxylic acids is 1. The molecule has 0 fully saturated rings. The minimum atomic E-state index is 0.116. The monoisotopic (exact) mass is 299 g/mol. The van der Waals surface area contributed by atoms with Crippen molar-refractivity contribution in [2.24, 2.45) is 0 Å². The molecule has 0 N–H and O–H groups in total. The van der Waals surface area contributed by atoms with Crippen LogP contribution in [0.4, 0.5) is 0 Å². The predicted molar refractivity (Wildman–Crippen MR) is 84.6 cm³/mol. The van der Waals surface area contributed by atoms with Crippen molar-refractivity contribution < 1.29 is 4.79 Å². The van der Waals surface area contributed by atoms with Crippen LogP contribution >= 0.6 is 22.7 Å². The number of aromatic nitrogens is 1. The first-order chi connectivity index (χ1) is 9.74. The van der Waals surface area contributed by atoms with Crippen LogP contribution in [-0.4, -0.2) is 10.8 Å². The second-order valence-electron chi connectivity index (χ2n) is 4.54. The third-order valence-corrected chi connectivity index (χ3v) is 5.11. The van der Waals surface area contributed by atoms with Crippen molar-refractivity contribution in [2.45, 2.75) is 13.3 Å². The number of rotatable bonds is 4. The van der Waals surface area contributed by atoms with Crippen molar-refractivity contribution in [3.05, 3.63) is 64.0 Å². The summed E-state index contributed by atoms with van der Waals surface area (Å²) < 4.78 is 0. The molecule has 3 aromatic rings. The maximum Gasteiger partial charge on any atom is 0.168 e. The van der Waals surface area contributed by atoms with E-state index in [1.165, 1.54) is 10.4 Å². The maximum absolute atomic E-state index is 12.1. The van der Waals surface area contributed by atoms with Crippen LogP contribution in [0.15, 0.2) is 47.2 Å². The normalized spacial score (nSPS) is 10.7. The summed E-state index contributed by atoms with van der Waals surface area (Å²) in [6, 6.07) is 11.5. The number of hydrogen-bond donors (Lipinski definition) is 0. The van der Waals surface area contributed by atoms with Gasteiger partial charge in [-0.3, -0.25) is 4.79 Å². The van der Waals surface area contributed by atoms with Crippen molar-refractivity contribution in [3.63, 3.8) is 0 Å². The molecule has 0 unspecified atom stereocenters. The van der Waals surface area contributed by atoms with Gasteiger partial charge in [-0.1, -0.05) is 30.3 Å². The van der Waals surface area contributed by atoms with E-state index in [-0.39, 0.29) is 5.78 Å². The summed E-state index contributed by atoms with van der Waals surface area (Å²) >= 11 is 3.30. The highest BCUT2D eigenvalue weighted by Crippen LogP contribution is 2.31. The van der Waals surface area contributed by atoms with Crippen LogP contribution in [-0.2, 0) is 6.42 Å². The van der Waals surface area contributed by atoms with Crippen molar-refractivity contribution in [3.8, 4) is 9.88 Å². The number of thiophene rings is 1. The van der Waals surface area contributed by atoms with Gasteiger partial charge in [-0.05, 0) is 23.9 Å². The molecule has 0 saturated heterocycles. The molecule has 1 aromatic carbocycles. The van der Waals surface area contributed by atoms with Crippen molar-refractivity contribution in [1.29, 1.82) is 0 Å². The number of ketones is 1. The molecule has 0 aliphatic rings. The number of benzene rings is 1. The van der Waals surface area contributed by atoms with E-state index >= 15 is 0 Å². The zero-order chi connectivity index (χ0) is 13.9. The first-order valence-corrected chi connectivity index (χ1v) is 8.07. The van der Waals surface area contributed by atoms with E-state index in [9.17, 15) is 4.79 Å². The standard InChI is InChI=1S/C16H13NOS2/c1-11-7-8-19-15(11)16-17-13(10-20-16)9-14(18)12-5-3-2-4-6-12/h2-8,10H,9H2,1H3. The molecule has 100 valence electrons. The lowest BCUT2D eigenvalue weighted by Crippen LogP contribution is -2.03. The Morgan fingerprint density at radius 1 is 1.15 bits per heavy atom. The van der Waals surface area contributed by atoms with E-state index < -0.39 is 0 Å². The number of nitrogens with zero attached hydrogens (tertiary/aromatic N) is 1. The number of carbonyl (C=O) groups is 1. The zero-order valence-corrected chi connectivity index (χ0v) is 12.6. The molecule has 0 spiro atoms. The molecule has 0 amide bonds. The van der Waals surface area contributed by atoms with Crippen molar-refractivity contribution in [2.75, 3.05) is 0 Å². The maximum atomic E-state index is 12.1. The number of aryl methyl sites for hydroxylation is 1. The van der Waals surface area contributed by atoms with Crippen LogP contribution in [0.3, 0.4) is 0 Å². The van der Waals surface area contributed by atoms with Crippen LogP contribution in [0.25, 0.3) is 9.88 Å². The van der Waals surface area contributed by atoms with Gasteiger partial charge < -0.3 is 0 Å². The summed E-state index contributed by atoms with van der Waals surface area (Å²) in [7, 11) is 0. The lowest BCUT2D eigenvalue weighted by Gasteiger charge is -1.98. The summed E-state index contributed by atoms with van der Waals surface area (Å²) in [5.74, 6) is 0.116. The first-order valence-electron chi connectivity index (χ1n) is 6.31. The topological polar surface area (TPSA) is 30.0 Å². The molecule has 0 aliphatic heterocycles. The molecule has 0 radical (unpaired) electrons. The molecular weight excluding hydrogens is 286 g/mol. The van der Waals surface area contributed by atoms with Gasteiger partial charge in [-0.2, -0.15) is 0 Å². The average Bonchev–Trinajstić information content (AvgIpc) is 3.08. The molecule has 0 bridgehead atoms. The molecule has 0 atom stereocenters. The molecule has 4 heteroatoms. The van der Waals surface area contributed by atoms with E-state index in [0.29, 0.717) is 6.42 Å². The Morgan fingerprint density at radius 2 is 1.95 bits per heavy atom. The van der Waals surface area contributed by atoms with Crippen LogP contribution in [0.1, 0.15) is 21.6 Å². The lowest BCUT2D eigenvalue weighted by atomic mass is 10.1. The Kier molecular flexibility index (Phi) is 3.76. The summed E-state index contributed by atoms with van der Waals surface area (Å²) in [5, 5.41) is 5.06. The Hall–Kier alpha value is -1.78. The van der Waals surface area contributed by atoms with Crippen molar-refractivity contribution >= 4 is 28.5 Å². The largest absolute Gasteiger partial charge is 0.294 e. The highest BCUT2D eigenvalue weighted by atomic mass is 32.1. The van der Waals surface area contributed by atoms with Gasteiger partial charge >= 0.3 is 0 Å². The lowest BCUT2D eigenvalue weighted by molar-refractivity contribution is 0.0992. The van der Waals surface area contributed by atoms with Crippen LogP contribution in [0.2, 0.25) is 0 Å². The highest BCUT2D eigenvalue weighted by Gasteiger charge is 2.12. The number of thiazole rings is 1. The summed E-state index contributed by atoms with van der Waals surface area (Å²) in [4.78, 5) is 17.9. The third-order valence-electron chi connectivity index (χ3n) is 3.05. The first kappa shape index (κ1) is 13.2. The van der Waals surface area contributed by atoms with E-state index in [1.807, 2.05) is 35.7 Å².